The molecule has 0 fully saturated rings. The lowest BCUT2D eigenvalue weighted by Crippen LogP contribution is -2.34. The predicted octanol–water partition coefficient (Wildman–Crippen LogP) is 2.24. The largest absolute Gasteiger partial charge is 0.450 e. The summed E-state index contributed by atoms with van der Waals surface area (Å²) < 4.78 is 11.1. The molecule has 1 atom stereocenters. The highest BCUT2D eigenvalue weighted by atomic mass is 79.9. The van der Waals surface area contributed by atoms with Gasteiger partial charge in [0.1, 0.15) is 5.58 Å². The number of halogens is 1. The van der Waals surface area contributed by atoms with Gasteiger partial charge in [0, 0.05) is 19.0 Å². The molecule has 0 saturated heterocycles. The van der Waals surface area contributed by atoms with Crippen molar-refractivity contribution in [1.82, 2.24) is 5.32 Å². The Bertz CT molecular complexity index is 623. The minimum atomic E-state index is -0.734. The molecule has 0 bridgehead atoms. The van der Waals surface area contributed by atoms with Crippen LogP contribution in [0.5, 0.6) is 0 Å². The molecule has 2 rings (SSSR count). The third-order valence-electron chi connectivity index (χ3n) is 2.80. The number of aliphatic hydroxyl groups is 1. The van der Waals surface area contributed by atoms with E-state index in [0.29, 0.717) is 5.58 Å². The van der Waals surface area contributed by atoms with Crippen molar-refractivity contribution in [1.29, 1.82) is 0 Å². The lowest BCUT2D eigenvalue weighted by molar-refractivity contribution is 0.0603. The Balaban J connectivity index is 2.13. The van der Waals surface area contributed by atoms with Gasteiger partial charge in [-0.2, -0.15) is 0 Å². The van der Waals surface area contributed by atoms with Gasteiger partial charge in [-0.15, -0.1) is 0 Å². The molecule has 0 radical (unpaired) electrons. The summed E-state index contributed by atoms with van der Waals surface area (Å²) >= 11 is 3.41. The van der Waals surface area contributed by atoms with Gasteiger partial charge in [-0.1, -0.05) is 0 Å². The van der Waals surface area contributed by atoms with Crippen molar-refractivity contribution in [3.05, 3.63) is 34.0 Å². The number of aliphatic hydroxyl groups excluding tert-OH is 1. The molecular weight excluding hydrogens is 326 g/mol. The van der Waals surface area contributed by atoms with Crippen molar-refractivity contribution in [3.8, 4) is 0 Å². The van der Waals surface area contributed by atoms with E-state index in [1.165, 1.54) is 7.11 Å². The molecule has 0 aliphatic heterocycles. The first-order valence-corrected chi connectivity index (χ1v) is 6.95. The van der Waals surface area contributed by atoms with E-state index in [9.17, 15) is 9.90 Å². The van der Waals surface area contributed by atoms with E-state index < -0.39 is 6.10 Å². The van der Waals surface area contributed by atoms with Crippen molar-refractivity contribution in [2.24, 2.45) is 0 Å². The van der Waals surface area contributed by atoms with Gasteiger partial charge < -0.3 is 19.6 Å². The Morgan fingerprint density at radius 3 is 2.95 bits per heavy atom. The van der Waals surface area contributed by atoms with Crippen LogP contribution in [0.2, 0.25) is 0 Å². The topological polar surface area (TPSA) is 71.7 Å². The second-order valence-corrected chi connectivity index (χ2v) is 5.45. The summed E-state index contributed by atoms with van der Waals surface area (Å²) in [6, 6.07) is 5.56. The van der Waals surface area contributed by atoms with Crippen LogP contribution in [0.1, 0.15) is 16.1 Å². The van der Waals surface area contributed by atoms with Gasteiger partial charge >= 0.3 is 0 Å². The summed E-state index contributed by atoms with van der Waals surface area (Å²) in [6.07, 6.45) is -0.734. The number of hydrogen-bond acceptors (Lipinski definition) is 4. The standard InChI is InChI=1S/C14H16BrNO4/c1-8-3-9-5-12(20-13(9)11(15)4-8)14(18)16-6-10(17)7-19-2/h3-5,10,17H,6-7H2,1-2H3,(H,16,18)/t10-/m1/s1. The first-order chi connectivity index (χ1) is 9.51. The number of carbonyl (C=O) groups is 1. The van der Waals surface area contributed by atoms with Gasteiger partial charge in [-0.05, 0) is 46.6 Å². The number of nitrogens with one attached hydrogen (secondary N) is 1. The first kappa shape index (κ1) is 15.0. The Morgan fingerprint density at radius 2 is 2.25 bits per heavy atom. The van der Waals surface area contributed by atoms with Crippen molar-refractivity contribution >= 4 is 32.8 Å². The number of rotatable bonds is 5. The molecule has 0 aliphatic carbocycles. The van der Waals surface area contributed by atoms with Gasteiger partial charge in [0.15, 0.2) is 5.76 Å². The van der Waals surface area contributed by atoms with E-state index in [2.05, 4.69) is 21.2 Å². The highest BCUT2D eigenvalue weighted by Crippen LogP contribution is 2.28. The van der Waals surface area contributed by atoms with E-state index >= 15 is 0 Å². The van der Waals surface area contributed by atoms with Crippen LogP contribution < -0.4 is 5.32 Å². The van der Waals surface area contributed by atoms with E-state index in [1.54, 1.807) is 6.07 Å². The third kappa shape index (κ3) is 3.39. The molecule has 20 heavy (non-hydrogen) atoms. The fraction of sp³-hybridized carbons (Fsp3) is 0.357. The SMILES string of the molecule is COC[C@H](O)CNC(=O)c1cc2cc(C)cc(Br)c2o1. The summed E-state index contributed by atoms with van der Waals surface area (Å²) in [6.45, 7) is 2.26. The van der Waals surface area contributed by atoms with Crippen LogP contribution in [0.15, 0.2) is 27.1 Å². The highest BCUT2D eigenvalue weighted by molar-refractivity contribution is 9.10. The average Bonchev–Trinajstić information content (AvgIpc) is 2.80. The molecule has 0 spiro atoms. The van der Waals surface area contributed by atoms with E-state index in [4.69, 9.17) is 9.15 Å². The molecule has 1 aromatic carbocycles. The first-order valence-electron chi connectivity index (χ1n) is 6.16. The number of aryl methyl sites for hydroxylation is 1. The molecule has 0 aliphatic rings. The number of methoxy groups -OCH3 is 1. The van der Waals surface area contributed by atoms with Crippen LogP contribution in [0, 0.1) is 6.92 Å². The zero-order valence-corrected chi connectivity index (χ0v) is 12.9. The van der Waals surface area contributed by atoms with Gasteiger partial charge in [-0.3, -0.25) is 4.79 Å². The Labute approximate surface area is 125 Å². The molecule has 6 heteroatoms. The average molecular weight is 342 g/mol. The Kier molecular flexibility index (Phi) is 4.80. The highest BCUT2D eigenvalue weighted by Gasteiger charge is 2.15. The van der Waals surface area contributed by atoms with Crippen LogP contribution >= 0.6 is 15.9 Å². The maximum atomic E-state index is 11.9. The van der Waals surface area contributed by atoms with Gasteiger partial charge in [0.25, 0.3) is 5.91 Å². The van der Waals surface area contributed by atoms with Crippen molar-refractivity contribution in [2.75, 3.05) is 20.3 Å². The van der Waals surface area contributed by atoms with Crippen LogP contribution in [0.3, 0.4) is 0 Å². The minimum absolute atomic E-state index is 0.115. The molecule has 1 heterocycles. The zero-order chi connectivity index (χ0) is 14.7. The quantitative estimate of drug-likeness (QED) is 0.874. The number of benzene rings is 1. The van der Waals surface area contributed by atoms with Crippen molar-refractivity contribution in [3.63, 3.8) is 0 Å². The third-order valence-corrected chi connectivity index (χ3v) is 3.39. The molecule has 5 nitrogen and oxygen atoms in total. The van der Waals surface area contributed by atoms with E-state index in [0.717, 1.165) is 15.4 Å². The molecule has 0 unspecified atom stereocenters. The fourth-order valence-corrected chi connectivity index (χ4v) is 2.58. The number of hydrogen-bond donors (Lipinski definition) is 2. The van der Waals surface area contributed by atoms with Crippen molar-refractivity contribution in [2.45, 2.75) is 13.0 Å². The lowest BCUT2D eigenvalue weighted by Gasteiger charge is -2.09. The molecule has 0 saturated carbocycles. The summed E-state index contributed by atoms with van der Waals surface area (Å²) in [4.78, 5) is 11.9. The monoisotopic (exact) mass is 341 g/mol. The maximum absolute atomic E-state index is 11.9. The summed E-state index contributed by atoms with van der Waals surface area (Å²) in [5, 5.41) is 12.9. The zero-order valence-electron chi connectivity index (χ0n) is 11.3. The van der Waals surface area contributed by atoms with Crippen LogP contribution in [0.4, 0.5) is 0 Å². The molecule has 1 amide bonds. The summed E-state index contributed by atoms with van der Waals surface area (Å²) in [7, 11) is 1.49. The van der Waals surface area contributed by atoms with E-state index in [-0.39, 0.29) is 24.8 Å². The normalized spacial score (nSPS) is 12.6. The van der Waals surface area contributed by atoms with Crippen LogP contribution in [0.25, 0.3) is 11.0 Å². The van der Waals surface area contributed by atoms with Crippen LogP contribution in [-0.2, 0) is 4.74 Å². The lowest BCUT2D eigenvalue weighted by atomic mass is 10.2. The van der Waals surface area contributed by atoms with Gasteiger partial charge in [0.05, 0.1) is 17.2 Å². The van der Waals surface area contributed by atoms with Crippen LogP contribution in [-0.4, -0.2) is 37.4 Å². The molecule has 2 N–H and O–H groups in total. The maximum Gasteiger partial charge on any atom is 0.287 e. The number of ether oxygens (including phenoxy) is 1. The number of carbonyl (C=O) groups excluding carboxylic acids is 1. The second kappa shape index (κ2) is 6.39. The smallest absolute Gasteiger partial charge is 0.287 e. The second-order valence-electron chi connectivity index (χ2n) is 4.59. The number of furan rings is 1. The van der Waals surface area contributed by atoms with Gasteiger partial charge in [0.2, 0.25) is 0 Å². The summed E-state index contributed by atoms with van der Waals surface area (Å²) in [5.74, 6) is -0.142. The minimum Gasteiger partial charge on any atom is -0.450 e. The molecular formula is C14H16BrNO4. The fourth-order valence-electron chi connectivity index (χ4n) is 1.91. The van der Waals surface area contributed by atoms with Gasteiger partial charge in [-0.25, -0.2) is 0 Å². The van der Waals surface area contributed by atoms with E-state index in [1.807, 2.05) is 19.1 Å². The molecule has 108 valence electrons. The molecule has 2 aromatic rings. The Hall–Kier alpha value is -1.37. The Morgan fingerprint density at radius 1 is 1.50 bits per heavy atom. The van der Waals surface area contributed by atoms with Crippen molar-refractivity contribution < 1.29 is 19.1 Å². The molecule has 1 aromatic heterocycles. The predicted molar refractivity (Wildman–Crippen MR) is 78.9 cm³/mol. The number of fused-ring (bicyclic) bond motifs is 1. The summed E-state index contributed by atoms with van der Waals surface area (Å²) in [5.41, 5.74) is 1.71. The number of amides is 1.